The summed E-state index contributed by atoms with van der Waals surface area (Å²) >= 11 is 0. The molecule has 0 radical (unpaired) electrons. The smallest absolute Gasteiger partial charge is 0.0650 e. The normalized spacial score (nSPS) is 8.55. The molecule has 0 unspecified atom stereocenters. The van der Waals surface area contributed by atoms with Crippen molar-refractivity contribution >= 4 is 10.9 Å². The van der Waals surface area contributed by atoms with Crippen molar-refractivity contribution in [2.24, 2.45) is 0 Å². The molecular formula is C8H7N3. The zero-order valence-corrected chi connectivity index (χ0v) is 5.86. The molecule has 1 aromatic carbocycles. The van der Waals surface area contributed by atoms with Gasteiger partial charge in [0.2, 0.25) is 0 Å². The summed E-state index contributed by atoms with van der Waals surface area (Å²) in [4.78, 5) is 0. The van der Waals surface area contributed by atoms with Crippen LogP contribution in [0.3, 0.4) is 0 Å². The molecule has 11 heavy (non-hydrogen) atoms. The Morgan fingerprint density at radius 3 is 2.73 bits per heavy atom. The van der Waals surface area contributed by atoms with Gasteiger partial charge in [-0.3, -0.25) is 5.10 Å². The molecule has 0 saturated heterocycles. The quantitative estimate of drug-likeness (QED) is 0.613. The van der Waals surface area contributed by atoms with Crippen molar-refractivity contribution in [1.82, 2.24) is 10.2 Å². The lowest BCUT2D eigenvalue weighted by molar-refractivity contribution is 1.12. The van der Waals surface area contributed by atoms with E-state index < -0.39 is 0 Å². The monoisotopic (exact) mass is 145 g/mol. The van der Waals surface area contributed by atoms with Gasteiger partial charge in [0.25, 0.3) is 0 Å². The second-order valence-corrected chi connectivity index (χ2v) is 1.96. The van der Waals surface area contributed by atoms with Gasteiger partial charge in [0, 0.05) is 12.0 Å². The maximum Gasteiger partial charge on any atom is 0.0650 e. The first-order chi connectivity index (χ1) is 5.47. The number of nitrogens with zero attached hydrogens (tertiary/aromatic N) is 2. The second-order valence-electron chi connectivity index (χ2n) is 1.96. The number of H-pyrrole nitrogens is 1. The number of rotatable bonds is 0. The number of hydrogen-bond acceptors (Lipinski definition) is 2. The number of benzene rings is 1. The van der Waals surface area contributed by atoms with Gasteiger partial charge in [-0.25, -0.2) is 5.26 Å². The number of nitrogens with one attached hydrogen (secondary N) is 1. The lowest BCUT2D eigenvalue weighted by Gasteiger charge is -1.81. The maximum absolute atomic E-state index is 6.50. The van der Waals surface area contributed by atoms with E-state index in [1.54, 1.807) is 0 Å². The molecule has 1 aromatic heterocycles. The van der Waals surface area contributed by atoms with Crippen molar-refractivity contribution in [3.63, 3.8) is 0 Å². The molecule has 1 N–H and O–H groups in total. The third-order valence-electron chi connectivity index (χ3n) is 1.35. The lowest BCUT2D eigenvalue weighted by Crippen LogP contribution is -1.63. The number of fused-ring (bicyclic) bond motifs is 1. The zero-order chi connectivity index (χ0) is 8.10. The Bertz CT molecular complexity index is 318. The molecule has 0 amide bonds. The standard InChI is InChI=1S/C7H6N2.CHN/c1-2-4-7-6(3-1)5-8-9-7;1-2/h1-5H,(H,8,9);1H. The molecule has 0 spiro atoms. The van der Waals surface area contributed by atoms with Gasteiger partial charge in [0.1, 0.15) is 0 Å². The van der Waals surface area contributed by atoms with Crippen LogP contribution in [0.4, 0.5) is 0 Å². The fraction of sp³-hybridized carbons (Fsp3) is 0. The van der Waals surface area contributed by atoms with Gasteiger partial charge < -0.3 is 0 Å². The van der Waals surface area contributed by atoms with Crippen LogP contribution in [0.15, 0.2) is 30.5 Å². The fourth-order valence-corrected chi connectivity index (χ4v) is 0.883. The minimum Gasteiger partial charge on any atom is -0.278 e. The van der Waals surface area contributed by atoms with Crippen LogP contribution in [0.2, 0.25) is 0 Å². The van der Waals surface area contributed by atoms with Gasteiger partial charge in [-0.1, -0.05) is 18.2 Å². The highest BCUT2D eigenvalue weighted by Gasteiger charge is 1.88. The first-order valence-electron chi connectivity index (χ1n) is 3.11. The van der Waals surface area contributed by atoms with E-state index >= 15 is 0 Å². The Labute approximate surface area is 64.3 Å². The van der Waals surface area contributed by atoms with Crippen molar-refractivity contribution in [2.45, 2.75) is 0 Å². The van der Waals surface area contributed by atoms with Crippen LogP contribution >= 0.6 is 0 Å². The summed E-state index contributed by atoms with van der Waals surface area (Å²) in [5.74, 6) is 0. The highest BCUT2D eigenvalue weighted by molar-refractivity contribution is 5.77. The van der Waals surface area contributed by atoms with E-state index in [-0.39, 0.29) is 0 Å². The molecule has 0 aliphatic rings. The van der Waals surface area contributed by atoms with E-state index in [2.05, 4.69) is 16.8 Å². The molecule has 3 nitrogen and oxygen atoms in total. The second kappa shape index (κ2) is 3.37. The Morgan fingerprint density at radius 1 is 1.27 bits per heavy atom. The molecule has 1 heterocycles. The number of nitriles is 1. The van der Waals surface area contributed by atoms with Crippen LogP contribution in [-0.2, 0) is 0 Å². The van der Waals surface area contributed by atoms with E-state index in [0.29, 0.717) is 0 Å². The van der Waals surface area contributed by atoms with Crippen molar-refractivity contribution < 1.29 is 0 Å². The van der Waals surface area contributed by atoms with Gasteiger partial charge in [-0.15, -0.1) is 0 Å². The molecule has 0 aliphatic heterocycles. The third-order valence-corrected chi connectivity index (χ3v) is 1.35. The van der Waals surface area contributed by atoms with Gasteiger partial charge in [-0.2, -0.15) is 5.10 Å². The minimum atomic E-state index is 1.09. The average molecular weight is 145 g/mol. The van der Waals surface area contributed by atoms with Crippen LogP contribution in [0.5, 0.6) is 0 Å². The SMILES string of the molecule is C#N.c1ccc2[nH]ncc2c1. The summed E-state index contributed by atoms with van der Waals surface area (Å²) in [6.07, 6.45) is 1.81. The van der Waals surface area contributed by atoms with E-state index in [1.807, 2.05) is 30.5 Å². The van der Waals surface area contributed by atoms with Gasteiger partial charge in [0.15, 0.2) is 0 Å². The Hall–Kier alpha value is -1.82. The van der Waals surface area contributed by atoms with Crippen molar-refractivity contribution in [3.8, 4) is 6.57 Å². The number of hydrogen-bond donors (Lipinski definition) is 1. The molecule has 0 atom stereocenters. The predicted octanol–water partition coefficient (Wildman–Crippen LogP) is 1.70. The fourth-order valence-electron chi connectivity index (χ4n) is 0.883. The molecule has 54 valence electrons. The molecule has 0 aliphatic carbocycles. The van der Waals surface area contributed by atoms with Gasteiger partial charge in [-0.05, 0) is 6.07 Å². The highest BCUT2D eigenvalue weighted by Crippen LogP contribution is 2.06. The number of aromatic amines is 1. The van der Waals surface area contributed by atoms with E-state index in [0.717, 1.165) is 10.9 Å². The van der Waals surface area contributed by atoms with E-state index in [9.17, 15) is 0 Å². The Kier molecular flexibility index (Phi) is 2.24. The molecular weight excluding hydrogens is 138 g/mol. The van der Waals surface area contributed by atoms with Crippen LogP contribution in [-0.4, -0.2) is 10.2 Å². The van der Waals surface area contributed by atoms with Crippen molar-refractivity contribution in [1.29, 1.82) is 5.26 Å². The third kappa shape index (κ3) is 1.36. The van der Waals surface area contributed by atoms with Crippen LogP contribution in [0.1, 0.15) is 0 Å². The first-order valence-corrected chi connectivity index (χ1v) is 3.11. The zero-order valence-electron chi connectivity index (χ0n) is 5.86. The Morgan fingerprint density at radius 2 is 2.00 bits per heavy atom. The molecule has 2 aromatic rings. The summed E-state index contributed by atoms with van der Waals surface area (Å²) < 4.78 is 0. The maximum atomic E-state index is 6.50. The van der Waals surface area contributed by atoms with Crippen LogP contribution < -0.4 is 0 Å². The molecule has 0 bridgehead atoms. The number of aromatic nitrogens is 2. The van der Waals surface area contributed by atoms with Gasteiger partial charge in [0.05, 0.1) is 11.7 Å². The highest BCUT2D eigenvalue weighted by atomic mass is 15.1. The summed E-state index contributed by atoms with van der Waals surface area (Å²) in [5, 5.41) is 14.4. The van der Waals surface area contributed by atoms with E-state index in [1.165, 1.54) is 0 Å². The van der Waals surface area contributed by atoms with E-state index in [4.69, 9.17) is 5.26 Å². The summed E-state index contributed by atoms with van der Waals surface area (Å²) in [6, 6.07) is 8.01. The molecule has 2 rings (SSSR count). The lowest BCUT2D eigenvalue weighted by atomic mass is 10.3. The minimum absolute atomic E-state index is 1.09. The Balaban J connectivity index is 0.000000281. The molecule has 0 saturated carbocycles. The topological polar surface area (TPSA) is 52.5 Å². The number of para-hydroxylation sites is 1. The summed E-state index contributed by atoms with van der Waals surface area (Å²) in [6.45, 7) is 3.50. The first kappa shape index (κ1) is 7.29. The van der Waals surface area contributed by atoms with Gasteiger partial charge >= 0.3 is 0 Å². The molecule has 3 heteroatoms. The summed E-state index contributed by atoms with van der Waals surface area (Å²) in [7, 11) is 0. The molecule has 0 fully saturated rings. The van der Waals surface area contributed by atoms with Crippen molar-refractivity contribution in [3.05, 3.63) is 30.5 Å². The predicted molar refractivity (Wildman–Crippen MR) is 42.8 cm³/mol. The summed E-state index contributed by atoms with van der Waals surface area (Å²) in [5.41, 5.74) is 1.09. The van der Waals surface area contributed by atoms with Crippen LogP contribution in [0, 0.1) is 11.8 Å². The van der Waals surface area contributed by atoms with Crippen molar-refractivity contribution in [2.75, 3.05) is 0 Å². The van der Waals surface area contributed by atoms with Crippen LogP contribution in [0.25, 0.3) is 10.9 Å². The largest absolute Gasteiger partial charge is 0.278 e. The average Bonchev–Trinajstić information content (AvgIpc) is 2.55.